The quantitative estimate of drug-likeness (QED) is 0.856. The number of carbonyl (C=O) groups excluding carboxylic acids is 2. The van der Waals surface area contributed by atoms with Crippen molar-refractivity contribution in [3.63, 3.8) is 0 Å². The maximum absolute atomic E-state index is 12.8. The molecule has 1 aromatic heterocycles. The highest BCUT2D eigenvalue weighted by atomic mass is 35.5. The predicted molar refractivity (Wildman–Crippen MR) is 98.8 cm³/mol. The standard InChI is InChI=1S/C17H25N3O2S.ClH/c1-12-7-8-18-11-13(12)19-16(21)14-5-2-3-9-20(14)17(22)15-6-4-10-23-15;/h4,6,10,12-14,18H,2-3,5,7-9,11H2,1H3,(H,19,21);1H. The van der Waals surface area contributed by atoms with Crippen LogP contribution in [0.1, 0.15) is 42.3 Å². The first-order valence-corrected chi connectivity index (χ1v) is 9.40. The van der Waals surface area contributed by atoms with Crippen LogP contribution in [-0.4, -0.2) is 48.4 Å². The number of carbonyl (C=O) groups is 2. The molecule has 3 unspecified atom stereocenters. The van der Waals surface area contributed by atoms with E-state index in [2.05, 4.69) is 17.6 Å². The van der Waals surface area contributed by atoms with Crippen LogP contribution in [0.4, 0.5) is 0 Å². The summed E-state index contributed by atoms with van der Waals surface area (Å²) in [6, 6.07) is 3.56. The van der Waals surface area contributed by atoms with Crippen LogP contribution in [0.2, 0.25) is 0 Å². The first-order chi connectivity index (χ1) is 11.2. The first kappa shape index (κ1) is 19.2. The van der Waals surface area contributed by atoms with Crippen LogP contribution in [0.25, 0.3) is 0 Å². The summed E-state index contributed by atoms with van der Waals surface area (Å²) in [4.78, 5) is 27.9. The van der Waals surface area contributed by atoms with E-state index in [9.17, 15) is 9.59 Å². The van der Waals surface area contributed by atoms with Crippen LogP contribution in [0, 0.1) is 5.92 Å². The van der Waals surface area contributed by atoms with Crippen molar-refractivity contribution in [2.75, 3.05) is 19.6 Å². The number of nitrogens with one attached hydrogen (secondary N) is 2. The molecule has 2 N–H and O–H groups in total. The zero-order valence-corrected chi connectivity index (χ0v) is 15.6. The molecular weight excluding hydrogens is 346 g/mol. The van der Waals surface area contributed by atoms with Gasteiger partial charge in [0, 0.05) is 19.1 Å². The molecule has 3 heterocycles. The van der Waals surface area contributed by atoms with E-state index in [0.717, 1.165) is 43.6 Å². The molecule has 0 bridgehead atoms. The lowest BCUT2D eigenvalue weighted by Crippen LogP contribution is -2.57. The molecule has 24 heavy (non-hydrogen) atoms. The predicted octanol–water partition coefficient (Wildman–Crippen LogP) is 2.28. The number of rotatable bonds is 3. The van der Waals surface area contributed by atoms with Crippen molar-refractivity contribution >= 4 is 35.6 Å². The molecular formula is C17H26ClN3O2S. The number of halogens is 1. The van der Waals surface area contributed by atoms with E-state index in [-0.39, 0.29) is 36.3 Å². The fraction of sp³-hybridized carbons (Fsp3) is 0.647. The number of nitrogens with zero attached hydrogens (tertiary/aromatic N) is 1. The Morgan fingerprint density at radius 2 is 2.17 bits per heavy atom. The van der Waals surface area contributed by atoms with Gasteiger partial charge in [0.05, 0.1) is 4.88 Å². The molecule has 3 atom stereocenters. The van der Waals surface area contributed by atoms with Crippen LogP contribution < -0.4 is 10.6 Å². The average Bonchev–Trinajstić information content (AvgIpc) is 3.11. The largest absolute Gasteiger partial charge is 0.350 e. The monoisotopic (exact) mass is 371 g/mol. The zero-order valence-electron chi connectivity index (χ0n) is 14.0. The number of likely N-dealkylation sites (tertiary alicyclic amines) is 1. The van der Waals surface area contributed by atoms with Gasteiger partial charge in [-0.1, -0.05) is 13.0 Å². The fourth-order valence-corrected chi connectivity index (χ4v) is 4.13. The molecule has 2 aliphatic rings. The highest BCUT2D eigenvalue weighted by Gasteiger charge is 2.34. The smallest absolute Gasteiger partial charge is 0.264 e. The third kappa shape index (κ3) is 4.29. The summed E-state index contributed by atoms with van der Waals surface area (Å²) < 4.78 is 0. The number of thiophene rings is 1. The van der Waals surface area contributed by atoms with Crippen molar-refractivity contribution < 1.29 is 9.59 Å². The molecule has 7 heteroatoms. The van der Waals surface area contributed by atoms with Crippen LogP contribution >= 0.6 is 23.7 Å². The Morgan fingerprint density at radius 3 is 2.88 bits per heavy atom. The minimum absolute atomic E-state index is 0. The van der Waals surface area contributed by atoms with Gasteiger partial charge in [-0.15, -0.1) is 23.7 Å². The van der Waals surface area contributed by atoms with Crippen LogP contribution in [0.5, 0.6) is 0 Å². The second-order valence-electron chi connectivity index (χ2n) is 6.57. The first-order valence-electron chi connectivity index (χ1n) is 8.52. The van der Waals surface area contributed by atoms with Gasteiger partial charge in [0.1, 0.15) is 6.04 Å². The summed E-state index contributed by atoms with van der Waals surface area (Å²) in [6.07, 6.45) is 3.82. The van der Waals surface area contributed by atoms with Crippen LogP contribution in [0.3, 0.4) is 0 Å². The molecule has 134 valence electrons. The van der Waals surface area contributed by atoms with Gasteiger partial charge < -0.3 is 15.5 Å². The molecule has 0 aliphatic carbocycles. The van der Waals surface area contributed by atoms with Crippen LogP contribution in [-0.2, 0) is 4.79 Å². The van der Waals surface area contributed by atoms with Gasteiger partial charge in [0.15, 0.2) is 0 Å². The van der Waals surface area contributed by atoms with Crippen molar-refractivity contribution in [2.45, 2.75) is 44.7 Å². The molecule has 2 amide bonds. The second kappa shape index (κ2) is 8.83. The lowest BCUT2D eigenvalue weighted by Gasteiger charge is -2.37. The maximum atomic E-state index is 12.8. The SMILES string of the molecule is CC1CCNCC1NC(=O)C1CCCCN1C(=O)c1cccs1.Cl. The number of hydrogen-bond donors (Lipinski definition) is 2. The van der Waals surface area contributed by atoms with Crippen LogP contribution in [0.15, 0.2) is 17.5 Å². The molecule has 3 rings (SSSR count). The molecule has 0 saturated carbocycles. The Kier molecular flexibility index (Phi) is 7.07. The average molecular weight is 372 g/mol. The number of piperidine rings is 2. The van der Waals surface area contributed by atoms with E-state index < -0.39 is 0 Å². The van der Waals surface area contributed by atoms with Gasteiger partial charge in [-0.05, 0) is 49.6 Å². The van der Waals surface area contributed by atoms with E-state index in [0.29, 0.717) is 12.5 Å². The summed E-state index contributed by atoms with van der Waals surface area (Å²) >= 11 is 1.44. The van der Waals surface area contributed by atoms with Gasteiger partial charge in [0.2, 0.25) is 5.91 Å². The molecule has 2 aliphatic heterocycles. The maximum Gasteiger partial charge on any atom is 0.264 e. The molecule has 2 fully saturated rings. The third-order valence-electron chi connectivity index (χ3n) is 4.95. The van der Waals surface area contributed by atoms with Crippen molar-refractivity contribution in [2.24, 2.45) is 5.92 Å². The van der Waals surface area contributed by atoms with Crippen molar-refractivity contribution in [1.82, 2.24) is 15.5 Å². The van der Waals surface area contributed by atoms with E-state index in [4.69, 9.17) is 0 Å². The third-order valence-corrected chi connectivity index (χ3v) is 5.81. The van der Waals surface area contributed by atoms with Gasteiger partial charge in [-0.3, -0.25) is 9.59 Å². The number of amides is 2. The zero-order chi connectivity index (χ0) is 16.2. The van der Waals surface area contributed by atoms with E-state index in [1.165, 1.54) is 11.3 Å². The number of hydrogen-bond acceptors (Lipinski definition) is 4. The van der Waals surface area contributed by atoms with Gasteiger partial charge >= 0.3 is 0 Å². The van der Waals surface area contributed by atoms with Crippen molar-refractivity contribution in [3.8, 4) is 0 Å². The Hall–Kier alpha value is -1.11. The fourth-order valence-electron chi connectivity index (χ4n) is 3.45. The lowest BCUT2D eigenvalue weighted by molar-refractivity contribution is -0.127. The second-order valence-corrected chi connectivity index (χ2v) is 7.52. The Morgan fingerprint density at radius 1 is 1.33 bits per heavy atom. The van der Waals surface area contributed by atoms with Crippen molar-refractivity contribution in [1.29, 1.82) is 0 Å². The molecule has 1 aromatic rings. The Bertz CT molecular complexity index is 552. The summed E-state index contributed by atoms with van der Waals surface area (Å²) in [7, 11) is 0. The van der Waals surface area contributed by atoms with E-state index >= 15 is 0 Å². The Labute approximate surface area is 153 Å². The van der Waals surface area contributed by atoms with E-state index in [1.807, 2.05) is 17.5 Å². The molecule has 0 aromatic carbocycles. The van der Waals surface area contributed by atoms with Gasteiger partial charge in [-0.2, -0.15) is 0 Å². The van der Waals surface area contributed by atoms with Crippen molar-refractivity contribution in [3.05, 3.63) is 22.4 Å². The normalized spacial score (nSPS) is 27.2. The lowest BCUT2D eigenvalue weighted by atomic mass is 9.93. The van der Waals surface area contributed by atoms with E-state index in [1.54, 1.807) is 4.90 Å². The molecule has 0 spiro atoms. The topological polar surface area (TPSA) is 61.4 Å². The summed E-state index contributed by atoms with van der Waals surface area (Å²) in [5, 5.41) is 8.42. The Balaban J connectivity index is 0.00000208. The highest BCUT2D eigenvalue weighted by Crippen LogP contribution is 2.22. The van der Waals surface area contributed by atoms with Gasteiger partial charge in [-0.25, -0.2) is 0 Å². The minimum Gasteiger partial charge on any atom is -0.350 e. The highest BCUT2D eigenvalue weighted by molar-refractivity contribution is 7.12. The molecule has 0 radical (unpaired) electrons. The summed E-state index contributed by atoms with van der Waals surface area (Å²) in [6.45, 7) is 4.69. The summed E-state index contributed by atoms with van der Waals surface area (Å²) in [5.74, 6) is 0.482. The molecule has 5 nitrogen and oxygen atoms in total. The minimum atomic E-state index is -0.326. The summed E-state index contributed by atoms with van der Waals surface area (Å²) in [5.41, 5.74) is 0. The van der Waals surface area contributed by atoms with Gasteiger partial charge in [0.25, 0.3) is 5.91 Å². The molecule has 2 saturated heterocycles.